The lowest BCUT2D eigenvalue weighted by Crippen LogP contribution is -2.42. The van der Waals surface area contributed by atoms with Crippen molar-refractivity contribution in [2.45, 2.75) is 19.4 Å². The summed E-state index contributed by atoms with van der Waals surface area (Å²) in [6.07, 6.45) is 0.592. The summed E-state index contributed by atoms with van der Waals surface area (Å²) in [6.45, 7) is 2.19. The van der Waals surface area contributed by atoms with Crippen molar-refractivity contribution in [1.29, 1.82) is 0 Å². The number of carbonyl (C=O) groups excluding carboxylic acids is 1. The van der Waals surface area contributed by atoms with Crippen molar-refractivity contribution >= 4 is 11.6 Å². The zero-order valence-corrected chi connectivity index (χ0v) is 20.6. The van der Waals surface area contributed by atoms with Crippen LogP contribution >= 0.6 is 0 Å². The summed E-state index contributed by atoms with van der Waals surface area (Å²) in [5, 5.41) is 11.5. The van der Waals surface area contributed by atoms with Crippen LogP contribution in [0.15, 0.2) is 54.6 Å². The van der Waals surface area contributed by atoms with Crippen molar-refractivity contribution in [3.05, 3.63) is 87.0 Å². The molecule has 1 amide bonds. The average molecular weight is 493 g/mol. The fourth-order valence-electron chi connectivity index (χ4n) is 4.51. The third-order valence-corrected chi connectivity index (χ3v) is 6.46. The van der Waals surface area contributed by atoms with E-state index in [9.17, 15) is 14.9 Å². The van der Waals surface area contributed by atoms with Crippen LogP contribution in [0.3, 0.4) is 0 Å². The smallest absolute Gasteiger partial charge is 0.273 e. The molecule has 9 nitrogen and oxygen atoms in total. The van der Waals surface area contributed by atoms with Crippen LogP contribution < -0.4 is 18.9 Å². The Hall–Kier alpha value is -4.27. The van der Waals surface area contributed by atoms with Gasteiger partial charge in [-0.1, -0.05) is 6.07 Å². The topological polar surface area (TPSA) is 100 Å². The maximum absolute atomic E-state index is 13.8. The monoisotopic (exact) mass is 492 g/mol. The molecular formula is C27H28N2O7. The highest BCUT2D eigenvalue weighted by Crippen LogP contribution is 2.39. The van der Waals surface area contributed by atoms with Crippen LogP contribution in [0.25, 0.3) is 0 Å². The van der Waals surface area contributed by atoms with E-state index in [1.54, 1.807) is 63.5 Å². The summed E-state index contributed by atoms with van der Waals surface area (Å²) in [4.78, 5) is 26.5. The average Bonchev–Trinajstić information content (AvgIpc) is 2.90. The summed E-state index contributed by atoms with van der Waals surface area (Å²) in [7, 11) is 4.74. The number of rotatable bonds is 8. The van der Waals surface area contributed by atoms with Gasteiger partial charge in [0.2, 0.25) is 0 Å². The first-order valence-electron chi connectivity index (χ1n) is 11.4. The molecule has 1 aliphatic rings. The van der Waals surface area contributed by atoms with Gasteiger partial charge in [-0.25, -0.2) is 0 Å². The number of hydrogen-bond acceptors (Lipinski definition) is 7. The lowest BCUT2D eigenvalue weighted by Gasteiger charge is -2.38. The van der Waals surface area contributed by atoms with E-state index >= 15 is 0 Å². The number of ether oxygens (including phenoxy) is 4. The van der Waals surface area contributed by atoms with E-state index in [4.69, 9.17) is 18.9 Å². The fraction of sp³-hybridized carbons (Fsp3) is 0.296. The number of benzene rings is 3. The van der Waals surface area contributed by atoms with Gasteiger partial charge in [-0.3, -0.25) is 14.9 Å². The molecule has 0 fully saturated rings. The maximum Gasteiger partial charge on any atom is 0.273 e. The van der Waals surface area contributed by atoms with Gasteiger partial charge in [-0.15, -0.1) is 0 Å². The molecule has 4 rings (SSSR count). The minimum absolute atomic E-state index is 0.0873. The van der Waals surface area contributed by atoms with Crippen molar-refractivity contribution in [2.75, 3.05) is 34.5 Å². The molecule has 1 atom stereocenters. The Balaban J connectivity index is 1.73. The molecule has 0 aliphatic carbocycles. The van der Waals surface area contributed by atoms with E-state index in [0.717, 1.165) is 11.1 Å². The number of nitro groups is 1. The van der Waals surface area contributed by atoms with Gasteiger partial charge in [0.25, 0.3) is 11.6 Å². The Morgan fingerprint density at radius 2 is 1.67 bits per heavy atom. The number of carbonyl (C=O) groups is 1. The quantitative estimate of drug-likeness (QED) is 0.330. The van der Waals surface area contributed by atoms with Crippen LogP contribution in [0, 0.1) is 17.0 Å². The highest BCUT2D eigenvalue weighted by atomic mass is 16.6. The number of amides is 1. The second kappa shape index (κ2) is 10.6. The van der Waals surface area contributed by atoms with Gasteiger partial charge in [0.15, 0.2) is 11.5 Å². The SMILES string of the molecule is COc1ccc(OCC2c3cc(OC)c(OC)cc3CCN2C(=O)c2cccc([N+](=O)[O-])c2C)cc1. The molecule has 188 valence electrons. The second-order valence-electron chi connectivity index (χ2n) is 8.36. The molecule has 1 unspecified atom stereocenters. The van der Waals surface area contributed by atoms with E-state index in [-0.39, 0.29) is 18.2 Å². The van der Waals surface area contributed by atoms with Crippen LogP contribution in [-0.2, 0) is 6.42 Å². The molecule has 0 saturated heterocycles. The minimum Gasteiger partial charge on any atom is -0.497 e. The van der Waals surface area contributed by atoms with E-state index in [0.29, 0.717) is 47.1 Å². The number of nitro benzene ring substituents is 1. The zero-order valence-electron chi connectivity index (χ0n) is 20.6. The number of fused-ring (bicyclic) bond motifs is 1. The van der Waals surface area contributed by atoms with Gasteiger partial charge in [-0.05, 0) is 66.9 Å². The molecule has 0 spiro atoms. The van der Waals surface area contributed by atoms with Crippen molar-refractivity contribution in [3.63, 3.8) is 0 Å². The van der Waals surface area contributed by atoms with Crippen LogP contribution in [0.1, 0.15) is 33.1 Å². The molecule has 0 radical (unpaired) electrons. The van der Waals surface area contributed by atoms with Crippen molar-refractivity contribution in [2.24, 2.45) is 0 Å². The zero-order chi connectivity index (χ0) is 25.8. The van der Waals surface area contributed by atoms with E-state index in [2.05, 4.69) is 0 Å². The van der Waals surface area contributed by atoms with Gasteiger partial charge in [0, 0.05) is 23.7 Å². The summed E-state index contributed by atoms with van der Waals surface area (Å²) in [5.41, 5.74) is 2.44. The number of nitrogens with zero attached hydrogens (tertiary/aromatic N) is 2. The van der Waals surface area contributed by atoms with Crippen LogP contribution in [0.4, 0.5) is 5.69 Å². The molecule has 0 saturated carbocycles. The first kappa shape index (κ1) is 24.8. The predicted octanol–water partition coefficient (Wildman–Crippen LogP) is 4.75. The largest absolute Gasteiger partial charge is 0.497 e. The van der Waals surface area contributed by atoms with Crippen LogP contribution in [0.5, 0.6) is 23.0 Å². The molecule has 3 aromatic rings. The molecule has 9 heteroatoms. The lowest BCUT2D eigenvalue weighted by molar-refractivity contribution is -0.385. The van der Waals surface area contributed by atoms with Crippen molar-refractivity contribution < 1.29 is 28.7 Å². The van der Waals surface area contributed by atoms with Crippen molar-refractivity contribution in [3.8, 4) is 23.0 Å². The second-order valence-corrected chi connectivity index (χ2v) is 8.36. The minimum atomic E-state index is -0.473. The highest BCUT2D eigenvalue weighted by Gasteiger charge is 2.34. The number of hydrogen-bond donors (Lipinski definition) is 0. The van der Waals surface area contributed by atoms with Crippen LogP contribution in [-0.4, -0.2) is 50.2 Å². The summed E-state index contributed by atoms with van der Waals surface area (Å²) >= 11 is 0. The summed E-state index contributed by atoms with van der Waals surface area (Å²) in [5.74, 6) is 2.20. The molecule has 1 heterocycles. The van der Waals surface area contributed by atoms with Gasteiger partial charge in [0.05, 0.1) is 32.3 Å². The Morgan fingerprint density at radius 1 is 1.00 bits per heavy atom. The van der Waals surface area contributed by atoms with Gasteiger partial charge in [-0.2, -0.15) is 0 Å². The maximum atomic E-state index is 13.8. The Labute approximate surface area is 209 Å². The first-order chi connectivity index (χ1) is 17.4. The van der Waals surface area contributed by atoms with Gasteiger partial charge in [0.1, 0.15) is 18.1 Å². The fourth-order valence-corrected chi connectivity index (χ4v) is 4.51. The molecule has 3 aromatic carbocycles. The van der Waals surface area contributed by atoms with Gasteiger partial charge < -0.3 is 23.8 Å². The molecule has 1 aliphatic heterocycles. The third-order valence-electron chi connectivity index (χ3n) is 6.46. The first-order valence-corrected chi connectivity index (χ1v) is 11.4. The van der Waals surface area contributed by atoms with E-state index in [1.165, 1.54) is 12.1 Å². The normalized spacial score (nSPS) is 14.6. The molecule has 36 heavy (non-hydrogen) atoms. The molecule has 0 bridgehead atoms. The Kier molecular flexibility index (Phi) is 7.28. The highest BCUT2D eigenvalue weighted by molar-refractivity contribution is 5.97. The third kappa shape index (κ3) is 4.77. The molecule has 0 aromatic heterocycles. The van der Waals surface area contributed by atoms with Gasteiger partial charge >= 0.3 is 0 Å². The van der Waals surface area contributed by atoms with Crippen LogP contribution in [0.2, 0.25) is 0 Å². The van der Waals surface area contributed by atoms with E-state index < -0.39 is 11.0 Å². The standard InChI is InChI=1S/C27H28N2O7/c1-17-21(6-5-7-23(17)29(31)32)27(30)28-13-12-18-14-25(34-3)26(35-4)15-22(18)24(28)16-36-20-10-8-19(33-2)9-11-20/h5-11,14-15,24H,12-13,16H2,1-4H3. The predicted molar refractivity (Wildman–Crippen MR) is 133 cm³/mol. The molecule has 0 N–H and O–H groups in total. The van der Waals surface area contributed by atoms with E-state index in [1.807, 2.05) is 12.1 Å². The Morgan fingerprint density at radius 3 is 2.31 bits per heavy atom. The molecular weight excluding hydrogens is 464 g/mol. The Bertz CT molecular complexity index is 1270. The van der Waals surface area contributed by atoms with Crippen molar-refractivity contribution in [1.82, 2.24) is 4.90 Å². The number of methoxy groups -OCH3 is 3. The lowest BCUT2D eigenvalue weighted by atomic mass is 9.91. The summed E-state index contributed by atoms with van der Waals surface area (Å²) in [6, 6.07) is 15.1. The summed E-state index contributed by atoms with van der Waals surface area (Å²) < 4.78 is 22.3.